The molecule has 0 saturated carbocycles. The molecule has 0 radical (unpaired) electrons. The predicted molar refractivity (Wildman–Crippen MR) is 86.3 cm³/mol. The smallest absolute Gasteiger partial charge is 0.261 e. The van der Waals surface area contributed by atoms with Crippen LogP contribution in [-0.4, -0.2) is 51.3 Å². The standard InChI is InChI=1S/C14H17N3O4S.ClH/c1-17-13(18)11-5-4-10(7-12(11)14(17)19)22(20,21)16-9-3-2-6-15-8-9;/h4-5,7,9,15-16H,2-3,6,8H2,1H3;1H. The van der Waals surface area contributed by atoms with Crippen LogP contribution in [0.5, 0.6) is 0 Å². The Morgan fingerprint density at radius 2 is 1.91 bits per heavy atom. The van der Waals surface area contributed by atoms with Gasteiger partial charge in [-0.05, 0) is 37.6 Å². The van der Waals surface area contributed by atoms with E-state index in [1.54, 1.807) is 0 Å². The number of hydrogen-bond donors (Lipinski definition) is 2. The van der Waals surface area contributed by atoms with Gasteiger partial charge in [0.2, 0.25) is 10.0 Å². The molecule has 3 rings (SSSR count). The Hall–Kier alpha value is -1.48. The van der Waals surface area contributed by atoms with Crippen molar-refractivity contribution in [2.45, 2.75) is 23.8 Å². The van der Waals surface area contributed by atoms with Gasteiger partial charge in [0.25, 0.3) is 11.8 Å². The van der Waals surface area contributed by atoms with E-state index in [1.165, 1.54) is 25.2 Å². The van der Waals surface area contributed by atoms with Gasteiger partial charge in [-0.1, -0.05) is 0 Å². The van der Waals surface area contributed by atoms with Crippen molar-refractivity contribution < 1.29 is 18.0 Å². The first kappa shape index (κ1) is 17.9. The maximum atomic E-state index is 12.4. The van der Waals surface area contributed by atoms with Gasteiger partial charge in [0.1, 0.15) is 0 Å². The van der Waals surface area contributed by atoms with Crippen LogP contribution in [0, 0.1) is 0 Å². The average Bonchev–Trinajstić information content (AvgIpc) is 2.72. The lowest BCUT2D eigenvalue weighted by atomic mass is 10.1. The quantitative estimate of drug-likeness (QED) is 0.760. The molecule has 2 aliphatic rings. The molecule has 1 fully saturated rings. The highest BCUT2D eigenvalue weighted by atomic mass is 35.5. The minimum Gasteiger partial charge on any atom is -0.315 e. The van der Waals surface area contributed by atoms with Crippen molar-refractivity contribution in [3.63, 3.8) is 0 Å². The van der Waals surface area contributed by atoms with Gasteiger partial charge in [-0.15, -0.1) is 12.4 Å². The number of halogens is 1. The third-order valence-electron chi connectivity index (χ3n) is 3.99. The number of benzene rings is 1. The second-order valence-electron chi connectivity index (χ2n) is 5.54. The Morgan fingerprint density at radius 1 is 1.22 bits per heavy atom. The number of nitrogens with one attached hydrogen (secondary N) is 2. The molecular weight excluding hydrogens is 342 g/mol. The highest BCUT2D eigenvalue weighted by Gasteiger charge is 2.34. The topological polar surface area (TPSA) is 95.6 Å². The number of nitrogens with zero attached hydrogens (tertiary/aromatic N) is 1. The lowest BCUT2D eigenvalue weighted by Gasteiger charge is -2.23. The number of rotatable bonds is 3. The molecule has 1 saturated heterocycles. The van der Waals surface area contributed by atoms with Crippen molar-refractivity contribution in [1.82, 2.24) is 14.9 Å². The number of amides is 2. The predicted octanol–water partition coefficient (Wildman–Crippen LogP) is 0.364. The second-order valence-corrected chi connectivity index (χ2v) is 7.26. The molecule has 0 aromatic heterocycles. The van der Waals surface area contributed by atoms with Crippen molar-refractivity contribution >= 4 is 34.2 Å². The summed E-state index contributed by atoms with van der Waals surface area (Å²) >= 11 is 0. The van der Waals surface area contributed by atoms with Crippen LogP contribution in [0.3, 0.4) is 0 Å². The molecule has 23 heavy (non-hydrogen) atoms. The summed E-state index contributed by atoms with van der Waals surface area (Å²) in [6.45, 7) is 1.48. The van der Waals surface area contributed by atoms with E-state index in [0.29, 0.717) is 6.54 Å². The second kappa shape index (κ2) is 6.56. The van der Waals surface area contributed by atoms with Crippen LogP contribution < -0.4 is 10.0 Å². The molecule has 2 aliphatic heterocycles. The fraction of sp³-hybridized carbons (Fsp3) is 0.429. The average molecular weight is 360 g/mol. The third-order valence-corrected chi connectivity index (χ3v) is 5.51. The maximum absolute atomic E-state index is 12.4. The molecule has 2 heterocycles. The van der Waals surface area contributed by atoms with Gasteiger partial charge >= 0.3 is 0 Å². The fourth-order valence-corrected chi connectivity index (χ4v) is 4.04. The van der Waals surface area contributed by atoms with E-state index in [4.69, 9.17) is 0 Å². The molecule has 2 amide bonds. The van der Waals surface area contributed by atoms with Crippen molar-refractivity contribution in [2.75, 3.05) is 20.1 Å². The van der Waals surface area contributed by atoms with Gasteiger partial charge in [0.05, 0.1) is 16.0 Å². The number of sulfonamides is 1. The maximum Gasteiger partial charge on any atom is 0.261 e. The first-order chi connectivity index (χ1) is 10.4. The molecule has 1 aromatic carbocycles. The third kappa shape index (κ3) is 3.25. The number of carbonyl (C=O) groups excluding carboxylic acids is 2. The molecule has 1 unspecified atom stereocenters. The van der Waals surface area contributed by atoms with Gasteiger partial charge in [0.15, 0.2) is 0 Å². The highest BCUT2D eigenvalue weighted by molar-refractivity contribution is 7.89. The molecule has 7 nitrogen and oxygen atoms in total. The van der Waals surface area contributed by atoms with Crippen LogP contribution in [0.15, 0.2) is 23.1 Å². The van der Waals surface area contributed by atoms with E-state index in [2.05, 4.69) is 10.0 Å². The van der Waals surface area contributed by atoms with E-state index in [-0.39, 0.29) is 34.5 Å². The summed E-state index contributed by atoms with van der Waals surface area (Å²) in [5.41, 5.74) is 0.378. The van der Waals surface area contributed by atoms with Crippen molar-refractivity contribution in [1.29, 1.82) is 0 Å². The van der Waals surface area contributed by atoms with Gasteiger partial charge in [-0.3, -0.25) is 14.5 Å². The Kier molecular flexibility index (Phi) is 5.10. The molecule has 0 aliphatic carbocycles. The van der Waals surface area contributed by atoms with Crippen molar-refractivity contribution in [3.8, 4) is 0 Å². The van der Waals surface area contributed by atoms with Gasteiger partial charge < -0.3 is 5.32 Å². The summed E-state index contributed by atoms with van der Waals surface area (Å²) in [4.78, 5) is 24.8. The Morgan fingerprint density at radius 3 is 2.57 bits per heavy atom. The van der Waals surface area contributed by atoms with E-state index in [1.807, 2.05) is 0 Å². The van der Waals surface area contributed by atoms with E-state index in [0.717, 1.165) is 24.3 Å². The molecule has 126 valence electrons. The van der Waals surface area contributed by atoms with E-state index >= 15 is 0 Å². The summed E-state index contributed by atoms with van der Waals surface area (Å²) < 4.78 is 27.5. The summed E-state index contributed by atoms with van der Waals surface area (Å²) in [7, 11) is -2.33. The van der Waals surface area contributed by atoms with Crippen LogP contribution >= 0.6 is 12.4 Å². The zero-order chi connectivity index (χ0) is 15.9. The van der Waals surface area contributed by atoms with Crippen LogP contribution in [0.2, 0.25) is 0 Å². The van der Waals surface area contributed by atoms with Gasteiger partial charge in [-0.2, -0.15) is 0 Å². The number of carbonyl (C=O) groups is 2. The Labute approximate surface area is 140 Å². The number of fused-ring (bicyclic) bond motifs is 1. The number of imide groups is 1. The molecule has 0 bridgehead atoms. The van der Waals surface area contributed by atoms with Gasteiger partial charge in [-0.25, -0.2) is 13.1 Å². The highest BCUT2D eigenvalue weighted by Crippen LogP contribution is 2.24. The zero-order valence-electron chi connectivity index (χ0n) is 12.5. The van der Waals surface area contributed by atoms with Crippen molar-refractivity contribution in [3.05, 3.63) is 29.3 Å². The minimum absolute atomic E-state index is 0. The van der Waals surface area contributed by atoms with Crippen LogP contribution in [0.25, 0.3) is 0 Å². The summed E-state index contributed by atoms with van der Waals surface area (Å²) in [6, 6.07) is 3.87. The van der Waals surface area contributed by atoms with Gasteiger partial charge in [0, 0.05) is 19.6 Å². The van der Waals surface area contributed by atoms with Crippen molar-refractivity contribution in [2.24, 2.45) is 0 Å². The fourth-order valence-electron chi connectivity index (χ4n) is 2.75. The molecule has 9 heteroatoms. The largest absolute Gasteiger partial charge is 0.315 e. The Bertz CT molecular complexity index is 744. The van der Waals surface area contributed by atoms with E-state index in [9.17, 15) is 18.0 Å². The summed E-state index contributed by atoms with van der Waals surface area (Å²) in [6.07, 6.45) is 1.69. The lowest BCUT2D eigenvalue weighted by Crippen LogP contribution is -2.45. The number of hydrogen-bond acceptors (Lipinski definition) is 5. The molecule has 2 N–H and O–H groups in total. The molecular formula is C14H18ClN3O4S. The summed E-state index contributed by atoms with van der Waals surface area (Å²) in [5, 5.41) is 3.14. The molecule has 0 spiro atoms. The first-order valence-electron chi connectivity index (χ1n) is 7.09. The molecule has 1 atom stereocenters. The zero-order valence-corrected chi connectivity index (χ0v) is 14.2. The summed E-state index contributed by atoms with van der Waals surface area (Å²) in [5.74, 6) is -0.884. The van der Waals surface area contributed by atoms with Crippen LogP contribution in [0.1, 0.15) is 33.6 Å². The lowest BCUT2D eigenvalue weighted by molar-refractivity contribution is 0.0693. The number of piperidine rings is 1. The van der Waals surface area contributed by atoms with E-state index < -0.39 is 21.8 Å². The SMILES string of the molecule is CN1C(=O)c2ccc(S(=O)(=O)NC3CCCNC3)cc2C1=O.Cl. The van der Waals surface area contributed by atoms with Crippen LogP contribution in [0.4, 0.5) is 0 Å². The molecule has 1 aromatic rings. The normalized spacial score (nSPS) is 21.1. The Balaban J connectivity index is 0.00000192. The monoisotopic (exact) mass is 359 g/mol. The minimum atomic E-state index is -3.71. The first-order valence-corrected chi connectivity index (χ1v) is 8.58. The van der Waals surface area contributed by atoms with Crippen LogP contribution in [-0.2, 0) is 10.0 Å².